The first-order valence-corrected chi connectivity index (χ1v) is 13.6. The van der Waals surface area contributed by atoms with Crippen molar-refractivity contribution in [3.8, 4) is 5.75 Å². The lowest BCUT2D eigenvalue weighted by Crippen LogP contribution is -2.43. The third-order valence-electron chi connectivity index (χ3n) is 5.85. The van der Waals surface area contributed by atoms with Crippen LogP contribution in [0.2, 0.25) is 0 Å². The van der Waals surface area contributed by atoms with Gasteiger partial charge in [0.2, 0.25) is 10.0 Å². The number of hydrogen-bond acceptors (Lipinski definition) is 7. The first-order chi connectivity index (χ1) is 17.6. The van der Waals surface area contributed by atoms with Gasteiger partial charge in [-0.2, -0.15) is 4.31 Å². The van der Waals surface area contributed by atoms with Gasteiger partial charge in [-0.05, 0) is 42.2 Å². The van der Waals surface area contributed by atoms with Crippen LogP contribution in [0, 0.1) is 11.8 Å². The van der Waals surface area contributed by atoms with Crippen LogP contribution in [-0.2, 0) is 32.6 Å². The molecule has 0 saturated carbocycles. The number of aliphatic hydroxyl groups is 1. The van der Waals surface area contributed by atoms with Crippen LogP contribution in [0.4, 0.5) is 0 Å². The summed E-state index contributed by atoms with van der Waals surface area (Å²) in [6, 6.07) is 18.4. The van der Waals surface area contributed by atoms with Crippen molar-refractivity contribution in [1.29, 1.82) is 0 Å². The standard InChI is InChI=1S/C28H34N2O6S/c1-21(2)18-30(37(34,35)26-12-6-11-25(31)16-26)19-27(32)24(14-22-8-4-3-5-9-22)15-28(33)36-20-23-10-7-13-29-17-23/h3-13,16-17,21,24,27,31-32H,14-15,18-20H2,1-2H3/t24-,27-/m1/s1. The molecule has 198 valence electrons. The van der Waals surface area contributed by atoms with Crippen LogP contribution in [-0.4, -0.2) is 53.1 Å². The minimum absolute atomic E-state index is 0.0173. The molecule has 0 amide bonds. The van der Waals surface area contributed by atoms with Crippen molar-refractivity contribution in [2.75, 3.05) is 13.1 Å². The first-order valence-electron chi connectivity index (χ1n) is 12.2. The number of pyridine rings is 1. The number of ether oxygens (including phenoxy) is 1. The van der Waals surface area contributed by atoms with Crippen molar-refractivity contribution in [2.45, 2.75) is 44.3 Å². The Bertz CT molecular complexity index is 1240. The molecule has 8 nitrogen and oxygen atoms in total. The number of rotatable bonds is 13. The van der Waals surface area contributed by atoms with Gasteiger partial charge in [0, 0.05) is 37.0 Å². The Hall–Kier alpha value is -3.27. The number of sulfonamides is 1. The molecule has 0 aliphatic heterocycles. The molecule has 0 spiro atoms. The van der Waals surface area contributed by atoms with E-state index < -0.39 is 28.0 Å². The van der Waals surface area contributed by atoms with Crippen LogP contribution in [0.1, 0.15) is 31.4 Å². The van der Waals surface area contributed by atoms with Crippen LogP contribution < -0.4 is 0 Å². The molecule has 0 radical (unpaired) electrons. The van der Waals surface area contributed by atoms with Gasteiger partial charge < -0.3 is 14.9 Å². The topological polar surface area (TPSA) is 117 Å². The number of phenolic OH excluding ortho intramolecular Hbond substituents is 1. The van der Waals surface area contributed by atoms with Gasteiger partial charge in [-0.3, -0.25) is 9.78 Å². The maximum atomic E-state index is 13.4. The zero-order chi connectivity index (χ0) is 26.8. The van der Waals surface area contributed by atoms with Gasteiger partial charge in [0.05, 0.1) is 17.4 Å². The average molecular weight is 527 g/mol. The summed E-state index contributed by atoms with van der Waals surface area (Å²) in [6.07, 6.45) is 2.38. The SMILES string of the molecule is CC(C)CN(C[C@@H](O)[C@@H](CC(=O)OCc1cccnc1)Cc1ccccc1)S(=O)(=O)c1cccc(O)c1. The molecule has 2 atom stereocenters. The number of aromatic nitrogens is 1. The molecule has 0 bridgehead atoms. The van der Waals surface area contributed by atoms with Crippen LogP contribution in [0.15, 0.2) is 84.0 Å². The largest absolute Gasteiger partial charge is 0.508 e. The number of phenols is 1. The monoisotopic (exact) mass is 526 g/mol. The highest BCUT2D eigenvalue weighted by Gasteiger charge is 2.32. The summed E-state index contributed by atoms with van der Waals surface area (Å²) in [5, 5.41) is 21.1. The summed E-state index contributed by atoms with van der Waals surface area (Å²) < 4.78 is 33.5. The Kier molecular flexibility index (Phi) is 10.2. The predicted octanol–water partition coefficient (Wildman–Crippen LogP) is 3.79. The van der Waals surface area contributed by atoms with Crippen molar-refractivity contribution >= 4 is 16.0 Å². The molecule has 0 saturated heterocycles. The number of esters is 1. The first kappa shape index (κ1) is 28.3. The summed E-state index contributed by atoms with van der Waals surface area (Å²) in [5.41, 5.74) is 1.66. The number of hydrogen-bond donors (Lipinski definition) is 2. The van der Waals surface area contributed by atoms with Gasteiger partial charge in [-0.1, -0.05) is 56.3 Å². The lowest BCUT2D eigenvalue weighted by Gasteiger charge is -2.30. The normalized spacial score (nSPS) is 13.4. The van der Waals surface area contributed by atoms with E-state index in [2.05, 4.69) is 4.98 Å². The van der Waals surface area contributed by atoms with E-state index in [-0.39, 0.29) is 42.7 Å². The van der Waals surface area contributed by atoms with Crippen molar-refractivity contribution < 1.29 is 28.2 Å². The fourth-order valence-electron chi connectivity index (χ4n) is 4.01. The van der Waals surface area contributed by atoms with Crippen molar-refractivity contribution in [2.24, 2.45) is 11.8 Å². The average Bonchev–Trinajstić information content (AvgIpc) is 2.87. The van der Waals surface area contributed by atoms with Gasteiger partial charge in [0.15, 0.2) is 0 Å². The summed E-state index contributed by atoms with van der Waals surface area (Å²) in [7, 11) is -4.00. The zero-order valence-corrected chi connectivity index (χ0v) is 21.9. The molecule has 0 aliphatic rings. The lowest BCUT2D eigenvalue weighted by molar-refractivity contribution is -0.147. The zero-order valence-electron chi connectivity index (χ0n) is 21.1. The summed E-state index contributed by atoms with van der Waals surface area (Å²) >= 11 is 0. The van der Waals surface area contributed by atoms with Crippen molar-refractivity contribution in [3.63, 3.8) is 0 Å². The van der Waals surface area contributed by atoms with E-state index in [1.807, 2.05) is 44.2 Å². The quantitative estimate of drug-likeness (QED) is 0.326. The van der Waals surface area contributed by atoms with Gasteiger partial charge >= 0.3 is 5.97 Å². The van der Waals surface area contributed by atoms with E-state index in [9.17, 15) is 23.4 Å². The second kappa shape index (κ2) is 13.3. The van der Waals surface area contributed by atoms with E-state index in [4.69, 9.17) is 4.74 Å². The Balaban J connectivity index is 1.79. The fourth-order valence-corrected chi connectivity index (χ4v) is 5.67. The molecule has 0 fully saturated rings. The minimum Gasteiger partial charge on any atom is -0.508 e. The van der Waals surface area contributed by atoms with Crippen LogP contribution >= 0.6 is 0 Å². The maximum Gasteiger partial charge on any atom is 0.306 e. The van der Waals surface area contributed by atoms with E-state index >= 15 is 0 Å². The van der Waals surface area contributed by atoms with E-state index in [1.165, 1.54) is 28.6 Å². The van der Waals surface area contributed by atoms with Gasteiger partial charge in [0.25, 0.3) is 0 Å². The molecule has 9 heteroatoms. The third kappa shape index (κ3) is 8.66. The highest BCUT2D eigenvalue weighted by atomic mass is 32.2. The minimum atomic E-state index is -4.00. The molecule has 2 aromatic carbocycles. The Labute approximate surface area is 218 Å². The number of carbonyl (C=O) groups is 1. The number of nitrogens with zero attached hydrogens (tertiary/aromatic N) is 2. The Morgan fingerprint density at radius 3 is 2.38 bits per heavy atom. The molecule has 37 heavy (non-hydrogen) atoms. The van der Waals surface area contributed by atoms with Crippen LogP contribution in [0.5, 0.6) is 5.75 Å². The van der Waals surface area contributed by atoms with Gasteiger partial charge in [-0.25, -0.2) is 8.42 Å². The second-order valence-electron chi connectivity index (χ2n) is 9.46. The van der Waals surface area contributed by atoms with Crippen molar-refractivity contribution in [1.82, 2.24) is 9.29 Å². The van der Waals surface area contributed by atoms with E-state index in [0.717, 1.165) is 11.1 Å². The summed E-state index contributed by atoms with van der Waals surface area (Å²) in [5.74, 6) is -1.26. The second-order valence-corrected chi connectivity index (χ2v) is 11.4. The fraction of sp³-hybridized carbons (Fsp3) is 0.357. The molecule has 3 aromatic rings. The predicted molar refractivity (Wildman–Crippen MR) is 140 cm³/mol. The molecule has 0 unspecified atom stereocenters. The lowest BCUT2D eigenvalue weighted by atomic mass is 9.90. The van der Waals surface area contributed by atoms with Gasteiger partial charge in [0.1, 0.15) is 12.4 Å². The molecule has 3 rings (SSSR count). The number of benzene rings is 2. The molecule has 1 heterocycles. The third-order valence-corrected chi connectivity index (χ3v) is 7.68. The molecular formula is C28H34N2O6S. The van der Waals surface area contributed by atoms with Crippen LogP contribution in [0.3, 0.4) is 0 Å². The molecule has 1 aromatic heterocycles. The smallest absolute Gasteiger partial charge is 0.306 e. The van der Waals surface area contributed by atoms with E-state index in [0.29, 0.717) is 6.42 Å². The summed E-state index contributed by atoms with van der Waals surface area (Å²) in [6.45, 7) is 3.79. The highest BCUT2D eigenvalue weighted by Crippen LogP contribution is 2.24. The highest BCUT2D eigenvalue weighted by molar-refractivity contribution is 7.89. The molecule has 2 N–H and O–H groups in total. The number of aromatic hydroxyl groups is 1. The Morgan fingerprint density at radius 1 is 1.00 bits per heavy atom. The number of carbonyl (C=O) groups excluding carboxylic acids is 1. The van der Waals surface area contributed by atoms with Gasteiger partial charge in [-0.15, -0.1) is 0 Å². The molecule has 0 aliphatic carbocycles. The van der Waals surface area contributed by atoms with Crippen molar-refractivity contribution in [3.05, 3.63) is 90.3 Å². The Morgan fingerprint density at radius 2 is 1.73 bits per heavy atom. The molecular weight excluding hydrogens is 492 g/mol. The maximum absolute atomic E-state index is 13.4. The van der Waals surface area contributed by atoms with E-state index in [1.54, 1.807) is 24.5 Å². The number of aliphatic hydroxyl groups excluding tert-OH is 1. The summed E-state index contributed by atoms with van der Waals surface area (Å²) in [4.78, 5) is 16.7. The van der Waals surface area contributed by atoms with Crippen LogP contribution in [0.25, 0.3) is 0 Å².